The summed E-state index contributed by atoms with van der Waals surface area (Å²) in [4.78, 5) is 0. The first-order chi connectivity index (χ1) is 13.7. The maximum absolute atomic E-state index is 9.53. The van der Waals surface area contributed by atoms with Gasteiger partial charge in [-0.25, -0.2) is 0 Å². The molecule has 1 aliphatic carbocycles. The minimum absolute atomic E-state index is 0.151. The van der Waals surface area contributed by atoms with Crippen molar-refractivity contribution in [3.8, 4) is 34.4 Å². The highest BCUT2D eigenvalue weighted by Gasteiger charge is 2.27. The quantitative estimate of drug-likeness (QED) is 0.443. The highest BCUT2D eigenvalue weighted by Crippen LogP contribution is 2.47. The van der Waals surface area contributed by atoms with Gasteiger partial charge >= 0.3 is 0 Å². The fraction of sp³-hybridized carbons (Fsp3) is 0.120. The van der Waals surface area contributed by atoms with Crippen molar-refractivity contribution >= 4 is 5.57 Å². The fourth-order valence-corrected chi connectivity index (χ4v) is 3.78. The van der Waals surface area contributed by atoms with E-state index in [-0.39, 0.29) is 5.57 Å². The van der Waals surface area contributed by atoms with Crippen LogP contribution in [0.25, 0.3) is 27.8 Å². The van der Waals surface area contributed by atoms with Gasteiger partial charge in [0.15, 0.2) is 0 Å². The lowest BCUT2D eigenvalue weighted by atomic mass is 9.95. The zero-order valence-corrected chi connectivity index (χ0v) is 15.8. The normalized spacial score (nSPS) is 11.4. The van der Waals surface area contributed by atoms with E-state index in [1.165, 1.54) is 0 Å². The topological polar surface area (TPSA) is 56.8 Å². The lowest BCUT2D eigenvalue weighted by Crippen LogP contribution is -1.90. The Labute approximate surface area is 164 Å². The van der Waals surface area contributed by atoms with Gasteiger partial charge in [-0.3, -0.25) is 0 Å². The molecule has 0 atom stereocenters. The van der Waals surface area contributed by atoms with Crippen LogP contribution in [0.5, 0.6) is 0 Å². The molecule has 0 unspecified atom stereocenters. The van der Waals surface area contributed by atoms with E-state index in [0.717, 1.165) is 50.1 Å². The summed E-state index contributed by atoms with van der Waals surface area (Å²) in [6.07, 6.45) is 0. The molecule has 0 saturated heterocycles. The van der Waals surface area contributed by atoms with Crippen LogP contribution >= 0.6 is 0 Å². The third-order valence-corrected chi connectivity index (χ3v) is 5.10. The Bertz CT molecular complexity index is 1170. The lowest BCUT2D eigenvalue weighted by Gasteiger charge is -2.08. The van der Waals surface area contributed by atoms with Gasteiger partial charge in [0, 0.05) is 12.7 Å². The second-order valence-electron chi connectivity index (χ2n) is 6.91. The first-order valence-electron chi connectivity index (χ1n) is 9.05. The van der Waals surface area contributed by atoms with Gasteiger partial charge in [0.25, 0.3) is 0 Å². The molecule has 0 spiro atoms. The fourth-order valence-electron chi connectivity index (χ4n) is 3.78. The van der Waals surface area contributed by atoms with E-state index in [2.05, 4.69) is 72.8 Å². The Morgan fingerprint density at radius 1 is 0.786 bits per heavy atom. The van der Waals surface area contributed by atoms with Crippen LogP contribution in [0.4, 0.5) is 0 Å². The predicted molar refractivity (Wildman–Crippen MR) is 110 cm³/mol. The standard InChI is InChI=1S/C25H18N2O/c1-16-3-9-21-22-10-8-19(18-6-4-17(5-7-18)15-28-2)12-24(22)25(23(21)11-16)20(13-26)14-27/h3-12H,15H2,1-2H3. The number of hydrogen-bond acceptors (Lipinski definition) is 3. The minimum Gasteiger partial charge on any atom is -0.380 e. The van der Waals surface area contributed by atoms with Gasteiger partial charge in [-0.1, -0.05) is 60.2 Å². The van der Waals surface area contributed by atoms with Crippen molar-refractivity contribution in [2.75, 3.05) is 7.11 Å². The molecule has 3 heteroatoms. The second-order valence-corrected chi connectivity index (χ2v) is 6.91. The van der Waals surface area contributed by atoms with Gasteiger partial charge in [-0.2, -0.15) is 10.5 Å². The number of nitriles is 2. The maximum Gasteiger partial charge on any atom is 0.138 e. The third-order valence-electron chi connectivity index (χ3n) is 5.10. The van der Waals surface area contributed by atoms with Crippen LogP contribution < -0.4 is 0 Å². The maximum atomic E-state index is 9.53. The highest BCUT2D eigenvalue weighted by atomic mass is 16.5. The van der Waals surface area contributed by atoms with Crippen molar-refractivity contribution in [3.63, 3.8) is 0 Å². The summed E-state index contributed by atoms with van der Waals surface area (Å²) in [5.74, 6) is 0. The van der Waals surface area contributed by atoms with E-state index in [0.29, 0.717) is 6.61 Å². The van der Waals surface area contributed by atoms with E-state index in [1.807, 2.05) is 6.92 Å². The zero-order chi connectivity index (χ0) is 19.7. The number of aryl methyl sites for hydroxylation is 1. The first-order valence-corrected chi connectivity index (χ1v) is 9.05. The summed E-state index contributed by atoms with van der Waals surface area (Å²) in [7, 11) is 1.68. The molecule has 1 aliphatic rings. The number of hydrogen-bond donors (Lipinski definition) is 0. The van der Waals surface area contributed by atoms with Crippen LogP contribution in [0, 0.1) is 29.6 Å². The summed E-state index contributed by atoms with van der Waals surface area (Å²) < 4.78 is 5.18. The van der Waals surface area contributed by atoms with Gasteiger partial charge in [0.2, 0.25) is 0 Å². The van der Waals surface area contributed by atoms with Crippen LogP contribution in [0.3, 0.4) is 0 Å². The predicted octanol–water partition coefficient (Wildman–Crippen LogP) is 5.64. The summed E-state index contributed by atoms with van der Waals surface area (Å²) in [6, 6.07) is 24.9. The van der Waals surface area contributed by atoms with Crippen LogP contribution in [0.1, 0.15) is 22.3 Å². The van der Waals surface area contributed by atoms with E-state index in [1.54, 1.807) is 7.11 Å². The van der Waals surface area contributed by atoms with Crippen LogP contribution in [-0.2, 0) is 11.3 Å². The summed E-state index contributed by atoms with van der Waals surface area (Å²) >= 11 is 0. The SMILES string of the molecule is COCc1ccc(-c2ccc3c(c2)C(=C(C#N)C#N)c2cc(C)ccc2-3)cc1. The van der Waals surface area contributed by atoms with Crippen LogP contribution in [0.15, 0.2) is 66.2 Å². The average molecular weight is 362 g/mol. The summed E-state index contributed by atoms with van der Waals surface area (Å²) in [5, 5.41) is 19.1. The van der Waals surface area contributed by atoms with Crippen molar-refractivity contribution in [3.05, 3.63) is 88.5 Å². The largest absolute Gasteiger partial charge is 0.380 e. The molecule has 0 radical (unpaired) electrons. The molecule has 28 heavy (non-hydrogen) atoms. The molecule has 3 aromatic carbocycles. The van der Waals surface area contributed by atoms with Crippen molar-refractivity contribution < 1.29 is 4.74 Å². The lowest BCUT2D eigenvalue weighted by molar-refractivity contribution is 0.185. The van der Waals surface area contributed by atoms with Gasteiger partial charge in [0.05, 0.1) is 6.61 Å². The van der Waals surface area contributed by atoms with Gasteiger partial charge in [0.1, 0.15) is 17.7 Å². The van der Waals surface area contributed by atoms with Crippen LogP contribution in [0.2, 0.25) is 0 Å². The van der Waals surface area contributed by atoms with Crippen molar-refractivity contribution in [1.29, 1.82) is 10.5 Å². The van der Waals surface area contributed by atoms with Crippen molar-refractivity contribution in [1.82, 2.24) is 0 Å². The van der Waals surface area contributed by atoms with E-state index >= 15 is 0 Å². The molecule has 3 aromatic rings. The van der Waals surface area contributed by atoms with E-state index in [9.17, 15) is 10.5 Å². The molecule has 0 fully saturated rings. The van der Waals surface area contributed by atoms with Gasteiger partial charge in [-0.05, 0) is 51.9 Å². The number of benzene rings is 3. The molecule has 0 saturated carbocycles. The van der Waals surface area contributed by atoms with E-state index < -0.39 is 0 Å². The van der Waals surface area contributed by atoms with E-state index in [4.69, 9.17) is 4.74 Å². The number of allylic oxidation sites excluding steroid dienone is 1. The molecule has 0 amide bonds. The zero-order valence-electron chi connectivity index (χ0n) is 15.8. The Hall–Kier alpha value is -3.66. The first kappa shape index (κ1) is 17.7. The third kappa shape index (κ3) is 2.89. The molecule has 0 N–H and O–H groups in total. The number of ether oxygens (including phenoxy) is 1. The Morgan fingerprint density at radius 2 is 1.39 bits per heavy atom. The molecule has 134 valence electrons. The van der Waals surface area contributed by atoms with Gasteiger partial charge < -0.3 is 4.74 Å². The van der Waals surface area contributed by atoms with Crippen molar-refractivity contribution in [2.24, 2.45) is 0 Å². The smallest absolute Gasteiger partial charge is 0.138 e. The minimum atomic E-state index is 0.151. The molecule has 3 nitrogen and oxygen atoms in total. The monoisotopic (exact) mass is 362 g/mol. The molecule has 0 aromatic heterocycles. The Morgan fingerprint density at radius 3 is 2.04 bits per heavy atom. The Balaban J connectivity index is 1.89. The number of nitrogens with zero attached hydrogens (tertiary/aromatic N) is 2. The molecule has 0 bridgehead atoms. The number of methoxy groups -OCH3 is 1. The number of rotatable bonds is 3. The molecular formula is C25H18N2O. The summed E-state index contributed by atoms with van der Waals surface area (Å²) in [6.45, 7) is 2.60. The highest BCUT2D eigenvalue weighted by molar-refractivity contribution is 6.05. The Kier molecular flexibility index (Phi) is 4.53. The molecule has 0 heterocycles. The second kappa shape index (κ2) is 7.16. The average Bonchev–Trinajstić information content (AvgIpc) is 3.03. The molecule has 0 aliphatic heterocycles. The summed E-state index contributed by atoms with van der Waals surface area (Å²) in [5.41, 5.74) is 9.28. The molecular weight excluding hydrogens is 344 g/mol. The molecule has 4 rings (SSSR count). The van der Waals surface area contributed by atoms with Crippen LogP contribution in [-0.4, -0.2) is 7.11 Å². The van der Waals surface area contributed by atoms with Gasteiger partial charge in [-0.15, -0.1) is 0 Å². The van der Waals surface area contributed by atoms with Crippen molar-refractivity contribution in [2.45, 2.75) is 13.5 Å². The number of fused-ring (bicyclic) bond motifs is 3.